The van der Waals surface area contributed by atoms with Gasteiger partial charge in [-0.1, -0.05) is 42.5 Å². The molecule has 2 aromatic carbocycles. The molecule has 28 heavy (non-hydrogen) atoms. The van der Waals surface area contributed by atoms with Crippen LogP contribution in [0.4, 0.5) is 5.82 Å². The van der Waals surface area contributed by atoms with Crippen molar-refractivity contribution in [2.45, 2.75) is 6.73 Å². The number of hydrogen-bond donors (Lipinski definition) is 1. The number of aromatic nitrogens is 4. The Hall–Kier alpha value is -3.87. The summed E-state index contributed by atoms with van der Waals surface area (Å²) < 4.78 is 8.93. The summed E-state index contributed by atoms with van der Waals surface area (Å²) in [5.41, 5.74) is 2.58. The van der Waals surface area contributed by atoms with Crippen LogP contribution in [-0.4, -0.2) is 25.5 Å². The zero-order chi connectivity index (χ0) is 19.3. The number of rotatable bonds is 6. The van der Waals surface area contributed by atoms with Gasteiger partial charge in [0.2, 0.25) is 0 Å². The fourth-order valence-electron chi connectivity index (χ4n) is 2.73. The lowest BCUT2D eigenvalue weighted by molar-refractivity contribution is 0.102. The van der Waals surface area contributed by atoms with Crippen molar-refractivity contribution < 1.29 is 9.53 Å². The van der Waals surface area contributed by atoms with Crippen molar-refractivity contribution in [1.82, 2.24) is 19.6 Å². The predicted molar refractivity (Wildman–Crippen MR) is 106 cm³/mol. The van der Waals surface area contributed by atoms with E-state index in [0.717, 1.165) is 16.9 Å². The van der Waals surface area contributed by atoms with Crippen molar-refractivity contribution in [2.24, 2.45) is 7.05 Å². The molecule has 0 spiro atoms. The predicted octanol–water partition coefficient (Wildman–Crippen LogP) is 3.57. The molecule has 2 heterocycles. The largest absolute Gasteiger partial charge is 0.471 e. The summed E-state index contributed by atoms with van der Waals surface area (Å²) in [7, 11) is 1.79. The van der Waals surface area contributed by atoms with E-state index in [1.807, 2.05) is 42.5 Å². The van der Waals surface area contributed by atoms with Crippen molar-refractivity contribution in [3.05, 3.63) is 84.8 Å². The molecule has 0 unspecified atom stereocenters. The first-order valence-electron chi connectivity index (χ1n) is 8.80. The Balaban J connectivity index is 1.35. The van der Waals surface area contributed by atoms with Crippen LogP contribution >= 0.6 is 0 Å². The molecule has 0 radical (unpaired) electrons. The number of anilines is 1. The third kappa shape index (κ3) is 4.09. The summed E-state index contributed by atoms with van der Waals surface area (Å²) in [5, 5.41) is 11.1. The van der Waals surface area contributed by atoms with Crippen LogP contribution in [0.3, 0.4) is 0 Å². The van der Waals surface area contributed by atoms with Crippen LogP contribution < -0.4 is 10.1 Å². The number of carbonyl (C=O) groups is 1. The number of amides is 1. The van der Waals surface area contributed by atoms with E-state index in [1.54, 1.807) is 40.9 Å². The van der Waals surface area contributed by atoms with Crippen molar-refractivity contribution in [2.75, 3.05) is 5.32 Å². The van der Waals surface area contributed by atoms with Gasteiger partial charge in [-0.3, -0.25) is 9.48 Å². The average molecular weight is 373 g/mol. The van der Waals surface area contributed by atoms with Gasteiger partial charge in [-0.05, 0) is 29.3 Å². The lowest BCUT2D eigenvalue weighted by Gasteiger charge is -2.07. The van der Waals surface area contributed by atoms with Crippen LogP contribution in [0.2, 0.25) is 0 Å². The molecule has 0 fully saturated rings. The molecule has 4 aromatic rings. The third-order valence-corrected chi connectivity index (χ3v) is 4.15. The molecule has 7 nitrogen and oxygen atoms in total. The number of aryl methyl sites for hydroxylation is 1. The van der Waals surface area contributed by atoms with Crippen LogP contribution in [0.25, 0.3) is 11.1 Å². The molecule has 0 aliphatic rings. The highest BCUT2D eigenvalue weighted by Gasteiger charge is 2.11. The summed E-state index contributed by atoms with van der Waals surface area (Å²) >= 11 is 0. The van der Waals surface area contributed by atoms with E-state index in [4.69, 9.17) is 4.74 Å². The topological polar surface area (TPSA) is 74.0 Å². The number of carbonyl (C=O) groups excluding carboxylic acids is 1. The number of nitrogens with zero attached hydrogens (tertiary/aromatic N) is 4. The maximum Gasteiger partial charge on any atom is 0.277 e. The van der Waals surface area contributed by atoms with E-state index in [-0.39, 0.29) is 12.6 Å². The quantitative estimate of drug-likeness (QED) is 0.561. The molecule has 0 atom stereocenters. The summed E-state index contributed by atoms with van der Waals surface area (Å²) in [6.45, 7) is 0.210. The molecule has 0 aliphatic carbocycles. The first kappa shape index (κ1) is 17.5. The first-order valence-corrected chi connectivity index (χ1v) is 8.80. The van der Waals surface area contributed by atoms with Gasteiger partial charge in [0.05, 0.1) is 0 Å². The Kier molecular flexibility index (Phi) is 4.88. The monoisotopic (exact) mass is 373 g/mol. The molecule has 140 valence electrons. The Morgan fingerprint density at radius 3 is 2.39 bits per heavy atom. The van der Waals surface area contributed by atoms with Gasteiger partial charge in [-0.15, -0.1) is 0 Å². The van der Waals surface area contributed by atoms with E-state index in [2.05, 4.69) is 27.6 Å². The minimum atomic E-state index is -0.315. The minimum absolute atomic E-state index is 0.210. The number of hydrogen-bond acceptors (Lipinski definition) is 4. The summed E-state index contributed by atoms with van der Waals surface area (Å²) in [4.78, 5) is 12.2. The van der Waals surface area contributed by atoms with Crippen molar-refractivity contribution in [1.29, 1.82) is 0 Å². The number of benzene rings is 2. The highest BCUT2D eigenvalue weighted by Crippen LogP contribution is 2.22. The van der Waals surface area contributed by atoms with E-state index in [1.165, 1.54) is 0 Å². The minimum Gasteiger partial charge on any atom is -0.471 e. The molecule has 2 aromatic heterocycles. The molecule has 0 bridgehead atoms. The van der Waals surface area contributed by atoms with E-state index < -0.39 is 0 Å². The van der Waals surface area contributed by atoms with Gasteiger partial charge in [0.25, 0.3) is 5.91 Å². The average Bonchev–Trinajstić information content (AvgIpc) is 3.36. The zero-order valence-corrected chi connectivity index (χ0v) is 15.3. The molecule has 0 saturated heterocycles. The first-order chi connectivity index (χ1) is 13.7. The van der Waals surface area contributed by atoms with E-state index in [0.29, 0.717) is 11.5 Å². The molecule has 4 rings (SSSR count). The van der Waals surface area contributed by atoms with Crippen LogP contribution in [-0.2, 0) is 13.8 Å². The summed E-state index contributed by atoms with van der Waals surface area (Å²) in [5.74, 6) is 0.899. The highest BCUT2D eigenvalue weighted by molar-refractivity contribution is 6.02. The van der Waals surface area contributed by atoms with Gasteiger partial charge < -0.3 is 10.1 Å². The molecule has 1 N–H and O–H groups in total. The fraction of sp³-hybridized carbons (Fsp3) is 0.0952. The lowest BCUT2D eigenvalue weighted by atomic mass is 10.1. The molecule has 0 saturated carbocycles. The van der Waals surface area contributed by atoms with Crippen LogP contribution in [0.15, 0.2) is 79.1 Å². The maximum absolute atomic E-state index is 12.2. The van der Waals surface area contributed by atoms with E-state index >= 15 is 0 Å². The standard InChI is InChI=1S/C21H19N5O2/c1-25-13-12-20(24-25)22-21(27)19-11-14-26(23-19)15-28-18-9-7-17(8-10-18)16-5-3-2-4-6-16/h2-14H,15H2,1H3,(H,22,24,27). The normalized spacial score (nSPS) is 10.6. The Morgan fingerprint density at radius 1 is 0.929 bits per heavy atom. The second kappa shape index (κ2) is 7.79. The number of ether oxygens (including phenoxy) is 1. The van der Waals surface area contributed by atoms with Crippen LogP contribution in [0.1, 0.15) is 10.5 Å². The molecular weight excluding hydrogens is 354 g/mol. The van der Waals surface area contributed by atoms with Gasteiger partial charge in [-0.2, -0.15) is 10.2 Å². The molecular formula is C21H19N5O2. The third-order valence-electron chi connectivity index (χ3n) is 4.15. The molecule has 0 aliphatic heterocycles. The second-order valence-corrected chi connectivity index (χ2v) is 6.23. The zero-order valence-electron chi connectivity index (χ0n) is 15.3. The highest BCUT2D eigenvalue weighted by atomic mass is 16.5. The second-order valence-electron chi connectivity index (χ2n) is 6.23. The van der Waals surface area contributed by atoms with Crippen molar-refractivity contribution >= 4 is 11.7 Å². The van der Waals surface area contributed by atoms with Crippen molar-refractivity contribution in [3.63, 3.8) is 0 Å². The number of nitrogens with one attached hydrogen (secondary N) is 1. The molecule has 1 amide bonds. The smallest absolute Gasteiger partial charge is 0.277 e. The summed E-state index contributed by atoms with van der Waals surface area (Å²) in [6.07, 6.45) is 3.46. The van der Waals surface area contributed by atoms with Gasteiger partial charge in [0.15, 0.2) is 18.2 Å². The van der Waals surface area contributed by atoms with E-state index in [9.17, 15) is 4.79 Å². The van der Waals surface area contributed by atoms with Gasteiger partial charge in [0.1, 0.15) is 5.75 Å². The molecule has 7 heteroatoms. The maximum atomic E-state index is 12.2. The van der Waals surface area contributed by atoms with Crippen LogP contribution in [0.5, 0.6) is 5.75 Å². The Bertz CT molecular complexity index is 1070. The van der Waals surface area contributed by atoms with Gasteiger partial charge >= 0.3 is 0 Å². The van der Waals surface area contributed by atoms with Crippen molar-refractivity contribution in [3.8, 4) is 16.9 Å². The van der Waals surface area contributed by atoms with Gasteiger partial charge in [-0.25, -0.2) is 4.68 Å². The van der Waals surface area contributed by atoms with Crippen LogP contribution in [0, 0.1) is 0 Å². The van der Waals surface area contributed by atoms with Gasteiger partial charge in [0, 0.05) is 25.5 Å². The SMILES string of the molecule is Cn1ccc(NC(=O)c2ccn(COc3ccc(-c4ccccc4)cc3)n2)n1. The Morgan fingerprint density at radius 2 is 1.68 bits per heavy atom. The fourth-order valence-corrected chi connectivity index (χ4v) is 2.73. The summed E-state index contributed by atoms with van der Waals surface area (Å²) in [6, 6.07) is 21.4. The lowest BCUT2D eigenvalue weighted by Crippen LogP contribution is -2.14. The Labute approximate surface area is 162 Å².